The van der Waals surface area contributed by atoms with Crippen LogP contribution in [0.25, 0.3) is 0 Å². The monoisotopic (exact) mass is 347 g/mol. The molecular formula is C10H7BrF5NO2. The summed E-state index contributed by atoms with van der Waals surface area (Å²) in [6.45, 7) is 0. The van der Waals surface area contributed by atoms with Gasteiger partial charge in [-0.15, -0.1) is 0 Å². The van der Waals surface area contributed by atoms with E-state index in [9.17, 15) is 26.7 Å². The third-order valence-corrected chi connectivity index (χ3v) is 2.77. The number of hydrogen-bond donors (Lipinski definition) is 0. The lowest BCUT2D eigenvalue weighted by molar-refractivity contribution is -0.139. The van der Waals surface area contributed by atoms with E-state index in [1.54, 1.807) is 0 Å². The number of carbonyl (C=O) groups excluding carboxylic acids is 1. The molecule has 0 aliphatic rings. The van der Waals surface area contributed by atoms with Crippen LogP contribution in [0.2, 0.25) is 0 Å². The van der Waals surface area contributed by atoms with Crippen molar-refractivity contribution in [3.63, 3.8) is 0 Å². The fraction of sp³-hybridized carbons (Fsp3) is 0.400. The summed E-state index contributed by atoms with van der Waals surface area (Å²) in [6, 6.07) is 0.278. The van der Waals surface area contributed by atoms with Crippen molar-refractivity contribution in [1.82, 2.24) is 4.98 Å². The minimum atomic E-state index is -4.82. The number of carbonyl (C=O) groups is 1. The third-order valence-electron chi connectivity index (χ3n) is 2.17. The van der Waals surface area contributed by atoms with Gasteiger partial charge in [0.2, 0.25) is 0 Å². The summed E-state index contributed by atoms with van der Waals surface area (Å²) in [6.07, 6.45) is -8.63. The van der Waals surface area contributed by atoms with Crippen molar-refractivity contribution in [2.24, 2.45) is 0 Å². The molecule has 0 fully saturated rings. The van der Waals surface area contributed by atoms with E-state index in [4.69, 9.17) is 0 Å². The lowest BCUT2D eigenvalue weighted by Gasteiger charge is -2.13. The first-order chi connectivity index (χ1) is 8.66. The van der Waals surface area contributed by atoms with E-state index in [0.29, 0.717) is 0 Å². The topological polar surface area (TPSA) is 39.2 Å². The van der Waals surface area contributed by atoms with Gasteiger partial charge in [-0.2, -0.15) is 13.2 Å². The predicted octanol–water partition coefficient (Wildman–Crippen LogP) is 3.52. The van der Waals surface area contributed by atoms with Gasteiger partial charge in [0, 0.05) is 5.56 Å². The Hall–Kier alpha value is -1.25. The molecule has 0 aliphatic heterocycles. The zero-order chi connectivity index (χ0) is 14.8. The summed E-state index contributed by atoms with van der Waals surface area (Å²) in [7, 11) is 1.03. The quantitative estimate of drug-likeness (QED) is 0.477. The van der Waals surface area contributed by atoms with Crippen LogP contribution in [-0.2, 0) is 22.1 Å². The molecular weight excluding hydrogens is 341 g/mol. The Balaban J connectivity index is 3.33. The van der Waals surface area contributed by atoms with Crippen LogP contribution in [0.5, 0.6) is 0 Å². The molecule has 0 bridgehead atoms. The van der Waals surface area contributed by atoms with E-state index in [1.165, 1.54) is 0 Å². The van der Waals surface area contributed by atoms with Crippen molar-refractivity contribution in [1.29, 1.82) is 0 Å². The molecule has 9 heteroatoms. The van der Waals surface area contributed by atoms with Gasteiger partial charge in [-0.25, -0.2) is 13.8 Å². The molecule has 0 radical (unpaired) electrons. The van der Waals surface area contributed by atoms with Gasteiger partial charge >= 0.3 is 12.1 Å². The van der Waals surface area contributed by atoms with Crippen molar-refractivity contribution in [3.05, 3.63) is 27.5 Å². The SMILES string of the molecule is COC(=O)Cc1nc(Br)c(C(F)(F)F)cc1C(F)F. The van der Waals surface area contributed by atoms with E-state index in [0.717, 1.165) is 7.11 Å². The summed E-state index contributed by atoms with van der Waals surface area (Å²) >= 11 is 2.55. The molecule has 0 saturated heterocycles. The maximum atomic E-state index is 12.7. The first kappa shape index (κ1) is 15.8. The zero-order valence-electron chi connectivity index (χ0n) is 9.39. The maximum Gasteiger partial charge on any atom is 0.419 e. The average Bonchev–Trinajstić information content (AvgIpc) is 2.26. The second-order valence-corrected chi connectivity index (χ2v) is 4.17. The molecule has 3 nitrogen and oxygen atoms in total. The molecule has 1 aromatic heterocycles. The van der Waals surface area contributed by atoms with Crippen molar-refractivity contribution in [2.75, 3.05) is 7.11 Å². The van der Waals surface area contributed by atoms with Crippen molar-refractivity contribution >= 4 is 21.9 Å². The number of ether oxygens (including phenoxy) is 1. The number of hydrogen-bond acceptors (Lipinski definition) is 3. The fourth-order valence-electron chi connectivity index (χ4n) is 1.28. The van der Waals surface area contributed by atoms with Gasteiger partial charge in [0.25, 0.3) is 6.43 Å². The van der Waals surface area contributed by atoms with Crippen molar-refractivity contribution in [3.8, 4) is 0 Å². The Kier molecular flexibility index (Phi) is 4.83. The Morgan fingerprint density at radius 3 is 2.47 bits per heavy atom. The van der Waals surface area contributed by atoms with E-state index >= 15 is 0 Å². The zero-order valence-corrected chi connectivity index (χ0v) is 11.0. The smallest absolute Gasteiger partial charge is 0.419 e. The average molecular weight is 348 g/mol. The van der Waals surface area contributed by atoms with Crippen LogP contribution in [-0.4, -0.2) is 18.1 Å². The normalized spacial score (nSPS) is 11.8. The van der Waals surface area contributed by atoms with Gasteiger partial charge in [0.15, 0.2) is 0 Å². The summed E-state index contributed by atoms with van der Waals surface area (Å²) in [5.41, 5.74) is -2.72. The van der Waals surface area contributed by atoms with E-state index in [-0.39, 0.29) is 6.07 Å². The van der Waals surface area contributed by atoms with Crippen LogP contribution in [0, 0.1) is 0 Å². The molecule has 0 amide bonds. The van der Waals surface area contributed by atoms with Gasteiger partial charge in [0.05, 0.1) is 24.8 Å². The summed E-state index contributed by atoms with van der Waals surface area (Å²) < 4.78 is 66.7. The molecule has 0 N–H and O–H groups in total. The summed E-state index contributed by atoms with van der Waals surface area (Å²) in [5.74, 6) is -0.874. The van der Waals surface area contributed by atoms with Crippen molar-refractivity contribution in [2.45, 2.75) is 19.0 Å². The fourth-order valence-corrected chi connectivity index (χ4v) is 1.83. The number of rotatable bonds is 3. The van der Waals surface area contributed by atoms with Crippen LogP contribution >= 0.6 is 15.9 Å². The highest BCUT2D eigenvalue weighted by Crippen LogP contribution is 2.37. The second kappa shape index (κ2) is 5.81. The van der Waals surface area contributed by atoms with Gasteiger partial charge in [-0.1, -0.05) is 0 Å². The highest BCUT2D eigenvalue weighted by Gasteiger charge is 2.36. The Morgan fingerprint density at radius 2 is 2.05 bits per heavy atom. The molecule has 19 heavy (non-hydrogen) atoms. The Bertz CT molecular complexity index is 490. The number of alkyl halides is 5. The molecule has 0 saturated carbocycles. The number of pyridine rings is 1. The largest absolute Gasteiger partial charge is 0.469 e. The van der Waals surface area contributed by atoms with Gasteiger partial charge in [-0.05, 0) is 22.0 Å². The summed E-state index contributed by atoms with van der Waals surface area (Å²) in [5, 5.41) is 0. The van der Waals surface area contributed by atoms with E-state index in [2.05, 4.69) is 25.7 Å². The van der Waals surface area contributed by atoms with Gasteiger partial charge in [0.1, 0.15) is 4.60 Å². The van der Waals surface area contributed by atoms with Crippen LogP contribution in [0.1, 0.15) is 23.2 Å². The molecule has 1 heterocycles. The van der Waals surface area contributed by atoms with Crippen LogP contribution in [0.3, 0.4) is 0 Å². The molecule has 1 aromatic rings. The Morgan fingerprint density at radius 1 is 1.47 bits per heavy atom. The Labute approximate surface area is 112 Å². The maximum absolute atomic E-state index is 12.7. The highest BCUT2D eigenvalue weighted by molar-refractivity contribution is 9.10. The number of nitrogens with zero attached hydrogens (tertiary/aromatic N) is 1. The van der Waals surface area contributed by atoms with Crippen LogP contribution < -0.4 is 0 Å². The number of aromatic nitrogens is 1. The predicted molar refractivity (Wildman–Crippen MR) is 57.6 cm³/mol. The standard InChI is InChI=1S/C10H7BrF5NO2/c1-19-7(18)3-6-4(9(12)13)2-5(8(11)17-6)10(14,15)16/h2,9H,3H2,1H3. The molecule has 0 spiro atoms. The minimum absolute atomic E-state index is 0.278. The third kappa shape index (κ3) is 3.85. The number of methoxy groups -OCH3 is 1. The number of esters is 1. The molecule has 0 atom stereocenters. The molecule has 0 aromatic carbocycles. The lowest BCUT2D eigenvalue weighted by Crippen LogP contribution is -2.14. The first-order valence-corrected chi connectivity index (χ1v) is 5.57. The number of halogens is 6. The second-order valence-electron chi connectivity index (χ2n) is 3.41. The van der Waals surface area contributed by atoms with Crippen LogP contribution in [0.15, 0.2) is 10.7 Å². The highest BCUT2D eigenvalue weighted by atomic mass is 79.9. The lowest BCUT2D eigenvalue weighted by atomic mass is 10.1. The molecule has 106 valence electrons. The van der Waals surface area contributed by atoms with E-state index < -0.39 is 46.4 Å². The minimum Gasteiger partial charge on any atom is -0.469 e. The van der Waals surface area contributed by atoms with Gasteiger partial charge < -0.3 is 4.74 Å². The van der Waals surface area contributed by atoms with Gasteiger partial charge in [-0.3, -0.25) is 4.79 Å². The molecule has 1 rings (SSSR count). The summed E-state index contributed by atoms with van der Waals surface area (Å²) in [4.78, 5) is 14.4. The molecule has 0 aliphatic carbocycles. The van der Waals surface area contributed by atoms with Crippen molar-refractivity contribution < 1.29 is 31.5 Å². The van der Waals surface area contributed by atoms with Crippen LogP contribution in [0.4, 0.5) is 22.0 Å². The first-order valence-electron chi connectivity index (χ1n) is 4.78. The molecule has 0 unspecified atom stereocenters. The van der Waals surface area contributed by atoms with E-state index in [1.807, 2.05) is 0 Å².